The lowest BCUT2D eigenvalue weighted by molar-refractivity contribution is -0.137. The van der Waals surface area contributed by atoms with Crippen molar-refractivity contribution in [1.29, 1.82) is 0 Å². The van der Waals surface area contributed by atoms with Crippen molar-refractivity contribution in [2.45, 2.75) is 32.4 Å². The van der Waals surface area contributed by atoms with Crippen LogP contribution in [0.1, 0.15) is 30.3 Å². The second-order valence-corrected chi connectivity index (χ2v) is 4.45. The van der Waals surface area contributed by atoms with Crippen molar-refractivity contribution in [2.24, 2.45) is 0 Å². The van der Waals surface area contributed by atoms with E-state index < -0.39 is 17.9 Å². The van der Waals surface area contributed by atoms with Gasteiger partial charge >= 0.3 is 5.97 Å². The van der Waals surface area contributed by atoms with E-state index >= 15 is 0 Å². The Morgan fingerprint density at radius 3 is 2.76 bits per heavy atom. The van der Waals surface area contributed by atoms with Gasteiger partial charge in [-0.05, 0) is 12.5 Å². The molecule has 0 aliphatic rings. The molecule has 0 radical (unpaired) electrons. The molecule has 1 unspecified atom stereocenters. The molecule has 1 rings (SSSR count). The zero-order valence-electron chi connectivity index (χ0n) is 12.0. The lowest BCUT2D eigenvalue weighted by Gasteiger charge is -2.14. The molecular formula is C13H19N3O5. The second kappa shape index (κ2) is 8.15. The van der Waals surface area contributed by atoms with Crippen LogP contribution in [0.4, 0.5) is 0 Å². The van der Waals surface area contributed by atoms with E-state index in [-0.39, 0.29) is 24.2 Å². The summed E-state index contributed by atoms with van der Waals surface area (Å²) in [5.74, 6) is -1.49. The molecule has 0 aromatic carbocycles. The Kier molecular flexibility index (Phi) is 6.54. The number of aromatic nitrogens is 2. The average molecular weight is 297 g/mol. The molecule has 0 fully saturated rings. The highest BCUT2D eigenvalue weighted by Gasteiger charge is 2.16. The minimum atomic E-state index is -0.986. The highest BCUT2D eigenvalue weighted by atomic mass is 16.5. The van der Waals surface area contributed by atoms with Crippen molar-refractivity contribution < 1.29 is 19.4 Å². The first-order chi connectivity index (χ1) is 9.97. The molecule has 0 aliphatic carbocycles. The van der Waals surface area contributed by atoms with Crippen LogP contribution in [0.25, 0.3) is 0 Å². The van der Waals surface area contributed by atoms with Gasteiger partial charge in [-0.2, -0.15) is 5.10 Å². The average Bonchev–Trinajstić information content (AvgIpc) is 2.45. The molecule has 1 amide bonds. The van der Waals surface area contributed by atoms with Gasteiger partial charge in [0.05, 0.1) is 19.6 Å². The number of aliphatic carboxylic acids is 1. The third kappa shape index (κ3) is 5.35. The minimum absolute atomic E-state index is 0.0644. The lowest BCUT2D eigenvalue weighted by Crippen LogP contribution is -2.37. The number of ether oxygens (including phenoxy) is 1. The number of carboxylic acids is 1. The lowest BCUT2D eigenvalue weighted by atomic mass is 10.1. The number of carboxylic acid groups (broad SMARTS) is 1. The Morgan fingerprint density at radius 1 is 1.48 bits per heavy atom. The van der Waals surface area contributed by atoms with Gasteiger partial charge in [-0.25, -0.2) is 4.68 Å². The predicted octanol–water partition coefficient (Wildman–Crippen LogP) is -0.127. The Morgan fingerprint density at radius 2 is 2.19 bits per heavy atom. The number of hydrogen-bond acceptors (Lipinski definition) is 5. The summed E-state index contributed by atoms with van der Waals surface area (Å²) in [6.45, 7) is 2.32. The first kappa shape index (κ1) is 16.8. The first-order valence-corrected chi connectivity index (χ1v) is 6.57. The zero-order valence-corrected chi connectivity index (χ0v) is 12.0. The smallest absolute Gasteiger partial charge is 0.305 e. The molecular weight excluding hydrogens is 278 g/mol. The van der Waals surface area contributed by atoms with Crippen molar-refractivity contribution in [2.75, 3.05) is 13.7 Å². The molecule has 0 aliphatic heterocycles. The Labute approximate surface area is 121 Å². The van der Waals surface area contributed by atoms with Crippen LogP contribution in [0, 0.1) is 0 Å². The standard InChI is InChI=1S/C13H19N3O5/c1-3-9(8-12(18)19)14-13(20)10-4-5-11(17)16(15-10)6-7-21-2/h4-5,9H,3,6-8H2,1-2H3,(H,14,20)(H,18,19). The molecule has 8 heteroatoms. The fourth-order valence-corrected chi connectivity index (χ4v) is 1.68. The normalized spacial score (nSPS) is 11.9. The predicted molar refractivity (Wildman–Crippen MR) is 74.2 cm³/mol. The summed E-state index contributed by atoms with van der Waals surface area (Å²) < 4.78 is 6.00. The van der Waals surface area contributed by atoms with Crippen molar-refractivity contribution >= 4 is 11.9 Å². The summed E-state index contributed by atoms with van der Waals surface area (Å²) in [6, 6.07) is 2.08. The maximum atomic E-state index is 12.0. The van der Waals surface area contributed by atoms with Gasteiger partial charge in [-0.15, -0.1) is 0 Å². The first-order valence-electron chi connectivity index (χ1n) is 6.57. The van der Waals surface area contributed by atoms with Crippen molar-refractivity contribution in [3.63, 3.8) is 0 Å². The molecule has 1 heterocycles. The quantitative estimate of drug-likeness (QED) is 0.691. The number of nitrogens with one attached hydrogen (secondary N) is 1. The molecule has 2 N–H and O–H groups in total. The topological polar surface area (TPSA) is 111 Å². The van der Waals surface area contributed by atoms with E-state index in [1.807, 2.05) is 0 Å². The highest BCUT2D eigenvalue weighted by molar-refractivity contribution is 5.92. The van der Waals surface area contributed by atoms with Crippen LogP contribution in [0.15, 0.2) is 16.9 Å². The summed E-state index contributed by atoms with van der Waals surface area (Å²) in [6.07, 6.45) is 0.326. The minimum Gasteiger partial charge on any atom is -0.481 e. The van der Waals surface area contributed by atoms with E-state index in [4.69, 9.17) is 9.84 Å². The number of hydrogen-bond donors (Lipinski definition) is 2. The third-order valence-electron chi connectivity index (χ3n) is 2.86. The van der Waals surface area contributed by atoms with E-state index in [2.05, 4.69) is 10.4 Å². The summed E-state index contributed by atoms with van der Waals surface area (Å²) in [5.41, 5.74) is -0.268. The summed E-state index contributed by atoms with van der Waals surface area (Å²) in [4.78, 5) is 34.3. The monoisotopic (exact) mass is 297 g/mol. The second-order valence-electron chi connectivity index (χ2n) is 4.45. The zero-order chi connectivity index (χ0) is 15.8. The summed E-state index contributed by atoms with van der Waals surface area (Å²) in [7, 11) is 1.50. The molecule has 0 saturated heterocycles. The molecule has 8 nitrogen and oxygen atoms in total. The van der Waals surface area contributed by atoms with Gasteiger partial charge in [0.1, 0.15) is 5.69 Å². The van der Waals surface area contributed by atoms with Crippen LogP contribution < -0.4 is 10.9 Å². The largest absolute Gasteiger partial charge is 0.481 e. The fraction of sp³-hybridized carbons (Fsp3) is 0.538. The van der Waals surface area contributed by atoms with Gasteiger partial charge < -0.3 is 15.2 Å². The SMILES string of the molecule is CCC(CC(=O)O)NC(=O)c1ccc(=O)n(CCOC)n1. The van der Waals surface area contributed by atoms with Gasteiger partial charge in [-0.1, -0.05) is 6.92 Å². The fourth-order valence-electron chi connectivity index (χ4n) is 1.68. The van der Waals surface area contributed by atoms with E-state index in [0.29, 0.717) is 13.0 Å². The number of carbonyl (C=O) groups excluding carboxylic acids is 1. The van der Waals surface area contributed by atoms with Gasteiger partial charge in [0.25, 0.3) is 11.5 Å². The third-order valence-corrected chi connectivity index (χ3v) is 2.86. The number of amides is 1. The number of carbonyl (C=O) groups is 2. The molecule has 1 aromatic heterocycles. The maximum Gasteiger partial charge on any atom is 0.305 e. The van der Waals surface area contributed by atoms with E-state index in [1.54, 1.807) is 6.92 Å². The van der Waals surface area contributed by atoms with Gasteiger partial charge in [0, 0.05) is 19.2 Å². The number of methoxy groups -OCH3 is 1. The van der Waals surface area contributed by atoms with Crippen LogP contribution in [0.5, 0.6) is 0 Å². The summed E-state index contributed by atoms with van der Waals surface area (Å²) >= 11 is 0. The van der Waals surface area contributed by atoms with Crippen molar-refractivity contribution in [1.82, 2.24) is 15.1 Å². The van der Waals surface area contributed by atoms with Gasteiger partial charge in [0.2, 0.25) is 0 Å². The van der Waals surface area contributed by atoms with Crippen molar-refractivity contribution in [3.05, 3.63) is 28.2 Å². The Bertz CT molecular complexity index is 555. The van der Waals surface area contributed by atoms with Crippen LogP contribution in [0.3, 0.4) is 0 Å². The molecule has 1 aromatic rings. The molecule has 0 bridgehead atoms. The van der Waals surface area contributed by atoms with Crippen LogP contribution in [-0.2, 0) is 16.1 Å². The Hall–Kier alpha value is -2.22. The van der Waals surface area contributed by atoms with Crippen LogP contribution in [0.2, 0.25) is 0 Å². The maximum absolute atomic E-state index is 12.0. The van der Waals surface area contributed by atoms with E-state index in [1.165, 1.54) is 19.2 Å². The molecule has 0 spiro atoms. The van der Waals surface area contributed by atoms with Crippen molar-refractivity contribution in [3.8, 4) is 0 Å². The summed E-state index contributed by atoms with van der Waals surface area (Å²) in [5, 5.41) is 15.3. The molecule has 0 saturated carbocycles. The highest BCUT2D eigenvalue weighted by Crippen LogP contribution is 2.00. The van der Waals surface area contributed by atoms with Gasteiger partial charge in [-0.3, -0.25) is 14.4 Å². The Balaban J connectivity index is 2.82. The molecule has 1 atom stereocenters. The molecule has 116 valence electrons. The van der Waals surface area contributed by atoms with Crippen LogP contribution in [-0.4, -0.2) is 46.5 Å². The van der Waals surface area contributed by atoms with E-state index in [0.717, 1.165) is 4.68 Å². The molecule has 21 heavy (non-hydrogen) atoms. The van der Waals surface area contributed by atoms with E-state index in [9.17, 15) is 14.4 Å². The van der Waals surface area contributed by atoms with Crippen LogP contribution >= 0.6 is 0 Å². The van der Waals surface area contributed by atoms with Gasteiger partial charge in [0.15, 0.2) is 0 Å². The number of rotatable bonds is 8. The number of nitrogens with zero attached hydrogens (tertiary/aromatic N) is 2.